The zero-order valence-corrected chi connectivity index (χ0v) is 19.2. The molecule has 8 nitrogen and oxygen atoms in total. The number of aryl methyl sites for hydroxylation is 1. The van der Waals surface area contributed by atoms with Crippen LogP contribution in [0.15, 0.2) is 24.3 Å². The van der Waals surface area contributed by atoms with Gasteiger partial charge >= 0.3 is 0 Å². The standard InChI is InChI=1S/C23H27ClN6O2/c1-15-25-22(29-11-9-28(10-12-29)16(2)31)20-23(26-15)30(17-7-13-32-14-8-17)21(27-20)18-5-3-4-6-19(18)24/h3-6,17H,7-14H2,1-2H3. The van der Waals surface area contributed by atoms with Crippen molar-refractivity contribution >= 4 is 34.5 Å². The predicted molar refractivity (Wildman–Crippen MR) is 124 cm³/mol. The maximum Gasteiger partial charge on any atom is 0.219 e. The molecule has 0 unspecified atom stereocenters. The molecular formula is C23H27ClN6O2. The molecular weight excluding hydrogens is 428 g/mol. The second kappa shape index (κ2) is 8.67. The molecule has 0 radical (unpaired) electrons. The van der Waals surface area contributed by atoms with Crippen molar-refractivity contribution in [2.24, 2.45) is 0 Å². The summed E-state index contributed by atoms with van der Waals surface area (Å²) in [6, 6.07) is 8.04. The van der Waals surface area contributed by atoms with E-state index in [-0.39, 0.29) is 11.9 Å². The second-order valence-electron chi connectivity index (χ2n) is 8.39. The van der Waals surface area contributed by atoms with Gasteiger partial charge in [-0.15, -0.1) is 0 Å². The molecule has 0 N–H and O–H groups in total. The van der Waals surface area contributed by atoms with Crippen molar-refractivity contribution < 1.29 is 9.53 Å². The lowest BCUT2D eigenvalue weighted by Gasteiger charge is -2.35. The van der Waals surface area contributed by atoms with Crippen LogP contribution in [0.3, 0.4) is 0 Å². The maximum atomic E-state index is 11.8. The Morgan fingerprint density at radius 1 is 1.06 bits per heavy atom. The first-order chi connectivity index (χ1) is 15.5. The van der Waals surface area contributed by atoms with E-state index < -0.39 is 0 Å². The summed E-state index contributed by atoms with van der Waals surface area (Å²) in [6.07, 6.45) is 1.80. The number of hydrogen-bond acceptors (Lipinski definition) is 6. The molecule has 0 bridgehead atoms. The van der Waals surface area contributed by atoms with Crippen molar-refractivity contribution in [1.29, 1.82) is 0 Å². The third-order valence-electron chi connectivity index (χ3n) is 6.33. The van der Waals surface area contributed by atoms with Crippen LogP contribution in [0.5, 0.6) is 0 Å². The van der Waals surface area contributed by atoms with E-state index in [2.05, 4.69) is 9.47 Å². The first-order valence-corrected chi connectivity index (χ1v) is 11.5. The first-order valence-electron chi connectivity index (χ1n) is 11.1. The Labute approximate surface area is 192 Å². The number of hydrogen-bond donors (Lipinski definition) is 0. The Hall–Kier alpha value is -2.71. The Bertz CT molecular complexity index is 1150. The van der Waals surface area contributed by atoms with Gasteiger partial charge in [-0.3, -0.25) is 4.79 Å². The average Bonchev–Trinajstić information content (AvgIpc) is 3.18. The van der Waals surface area contributed by atoms with Crippen LogP contribution in [0.25, 0.3) is 22.6 Å². The highest BCUT2D eigenvalue weighted by molar-refractivity contribution is 6.33. The third kappa shape index (κ3) is 3.82. The van der Waals surface area contributed by atoms with Crippen molar-refractivity contribution in [2.75, 3.05) is 44.3 Å². The van der Waals surface area contributed by atoms with E-state index in [9.17, 15) is 4.79 Å². The zero-order chi connectivity index (χ0) is 22.2. The summed E-state index contributed by atoms with van der Waals surface area (Å²) in [6.45, 7) is 7.77. The molecule has 0 atom stereocenters. The number of amides is 1. The number of imidazole rings is 1. The molecule has 1 amide bonds. The van der Waals surface area contributed by atoms with Gasteiger partial charge in [0.05, 0.1) is 5.02 Å². The summed E-state index contributed by atoms with van der Waals surface area (Å²) in [5.41, 5.74) is 2.51. The highest BCUT2D eigenvalue weighted by atomic mass is 35.5. The molecule has 2 saturated heterocycles. The van der Waals surface area contributed by atoms with Crippen LogP contribution in [-0.2, 0) is 9.53 Å². The summed E-state index contributed by atoms with van der Waals surface area (Å²) in [7, 11) is 0. The molecule has 2 aliphatic heterocycles. The number of ether oxygens (including phenoxy) is 1. The normalized spacial score (nSPS) is 17.8. The summed E-state index contributed by atoms with van der Waals surface area (Å²) >= 11 is 6.60. The van der Waals surface area contributed by atoms with Crippen molar-refractivity contribution in [2.45, 2.75) is 32.7 Å². The summed E-state index contributed by atoms with van der Waals surface area (Å²) in [5.74, 6) is 2.47. The minimum atomic E-state index is 0.110. The fourth-order valence-corrected chi connectivity index (χ4v) is 4.86. The highest BCUT2D eigenvalue weighted by Gasteiger charge is 2.29. The maximum absolute atomic E-state index is 11.8. The molecule has 9 heteroatoms. The molecule has 168 valence electrons. The number of carbonyl (C=O) groups excluding carboxylic acids is 1. The number of anilines is 1. The second-order valence-corrected chi connectivity index (χ2v) is 8.80. The van der Waals surface area contributed by atoms with Crippen LogP contribution in [0.4, 0.5) is 5.82 Å². The fraction of sp³-hybridized carbons (Fsp3) is 0.478. The number of halogens is 1. The van der Waals surface area contributed by atoms with Crippen LogP contribution in [-0.4, -0.2) is 69.7 Å². The van der Waals surface area contributed by atoms with Gasteiger partial charge in [0, 0.05) is 57.9 Å². The molecule has 2 aromatic heterocycles. The SMILES string of the molecule is CC(=O)N1CCN(c2nc(C)nc3c2nc(-c2ccccc2Cl)n3C2CCOCC2)CC1. The predicted octanol–water partition coefficient (Wildman–Crippen LogP) is 3.48. The van der Waals surface area contributed by atoms with E-state index in [0.717, 1.165) is 67.5 Å². The minimum absolute atomic E-state index is 0.110. The van der Waals surface area contributed by atoms with Crippen LogP contribution >= 0.6 is 11.6 Å². The number of piperazine rings is 1. The van der Waals surface area contributed by atoms with Gasteiger partial charge in [-0.05, 0) is 31.9 Å². The summed E-state index contributed by atoms with van der Waals surface area (Å²) in [4.78, 5) is 30.6. The van der Waals surface area contributed by atoms with Crippen LogP contribution in [0.1, 0.15) is 31.6 Å². The largest absolute Gasteiger partial charge is 0.381 e. The molecule has 32 heavy (non-hydrogen) atoms. The molecule has 1 aromatic carbocycles. The van der Waals surface area contributed by atoms with E-state index in [1.807, 2.05) is 36.1 Å². The van der Waals surface area contributed by atoms with Crippen molar-refractivity contribution in [1.82, 2.24) is 24.4 Å². The van der Waals surface area contributed by atoms with Crippen LogP contribution in [0.2, 0.25) is 5.02 Å². The van der Waals surface area contributed by atoms with Crippen molar-refractivity contribution in [3.05, 3.63) is 35.1 Å². The van der Waals surface area contributed by atoms with E-state index in [4.69, 9.17) is 31.3 Å². The fourth-order valence-electron chi connectivity index (χ4n) is 4.64. The van der Waals surface area contributed by atoms with Gasteiger partial charge in [0.15, 0.2) is 17.0 Å². The van der Waals surface area contributed by atoms with Gasteiger partial charge in [-0.1, -0.05) is 23.7 Å². The Morgan fingerprint density at radius 3 is 2.47 bits per heavy atom. The molecule has 0 saturated carbocycles. The quantitative estimate of drug-likeness (QED) is 0.603. The van der Waals surface area contributed by atoms with Crippen LogP contribution < -0.4 is 4.90 Å². The van der Waals surface area contributed by atoms with Gasteiger partial charge < -0.3 is 19.1 Å². The molecule has 2 aliphatic rings. The number of rotatable bonds is 3. The number of carbonyl (C=O) groups is 1. The van der Waals surface area contributed by atoms with E-state index in [0.29, 0.717) is 23.9 Å². The van der Waals surface area contributed by atoms with Gasteiger partial charge in [-0.25, -0.2) is 15.0 Å². The summed E-state index contributed by atoms with van der Waals surface area (Å²) in [5, 5.41) is 0.664. The lowest BCUT2D eigenvalue weighted by atomic mass is 10.1. The smallest absolute Gasteiger partial charge is 0.219 e. The molecule has 0 spiro atoms. The molecule has 0 aliphatic carbocycles. The Morgan fingerprint density at radius 2 is 1.78 bits per heavy atom. The van der Waals surface area contributed by atoms with Crippen molar-refractivity contribution in [3.8, 4) is 11.4 Å². The van der Waals surface area contributed by atoms with Gasteiger partial charge in [0.2, 0.25) is 5.91 Å². The lowest BCUT2D eigenvalue weighted by Crippen LogP contribution is -2.48. The molecule has 2 fully saturated rings. The van der Waals surface area contributed by atoms with Crippen LogP contribution in [0, 0.1) is 6.92 Å². The van der Waals surface area contributed by atoms with Gasteiger partial charge in [0.25, 0.3) is 0 Å². The first kappa shape index (κ1) is 21.2. The van der Waals surface area contributed by atoms with E-state index in [1.165, 1.54) is 0 Å². The van der Waals surface area contributed by atoms with Gasteiger partial charge in [0.1, 0.15) is 11.6 Å². The van der Waals surface area contributed by atoms with Gasteiger partial charge in [-0.2, -0.15) is 0 Å². The number of nitrogens with zero attached hydrogens (tertiary/aromatic N) is 6. The molecule has 4 heterocycles. The number of benzene rings is 1. The topological polar surface area (TPSA) is 76.4 Å². The van der Waals surface area contributed by atoms with Crippen molar-refractivity contribution in [3.63, 3.8) is 0 Å². The zero-order valence-electron chi connectivity index (χ0n) is 18.4. The molecule has 5 rings (SSSR count). The molecule has 3 aromatic rings. The lowest BCUT2D eigenvalue weighted by molar-refractivity contribution is -0.129. The number of fused-ring (bicyclic) bond motifs is 1. The third-order valence-corrected chi connectivity index (χ3v) is 6.66. The summed E-state index contributed by atoms with van der Waals surface area (Å²) < 4.78 is 7.86. The highest BCUT2D eigenvalue weighted by Crippen LogP contribution is 2.37. The minimum Gasteiger partial charge on any atom is -0.381 e. The Kier molecular flexibility index (Phi) is 5.73. The van der Waals surface area contributed by atoms with E-state index in [1.54, 1.807) is 6.92 Å². The number of aromatic nitrogens is 4. The monoisotopic (exact) mass is 454 g/mol. The average molecular weight is 455 g/mol. The van der Waals surface area contributed by atoms with E-state index >= 15 is 0 Å². The Balaban J connectivity index is 1.66.